The number of aromatic nitrogens is 1. The number of carbonyl (C=O) groups excluding carboxylic acids is 2. The van der Waals surface area contributed by atoms with Gasteiger partial charge in [-0.3, -0.25) is 14.6 Å². The molecular formula is C24H26N2O4. The van der Waals surface area contributed by atoms with Crippen LogP contribution >= 0.6 is 0 Å². The summed E-state index contributed by atoms with van der Waals surface area (Å²) < 4.78 is 5.31. The van der Waals surface area contributed by atoms with Gasteiger partial charge in [0.05, 0.1) is 16.8 Å². The van der Waals surface area contributed by atoms with Crippen LogP contribution in [0, 0.1) is 0 Å². The van der Waals surface area contributed by atoms with E-state index >= 15 is 0 Å². The fraction of sp³-hybridized carbons (Fsp3) is 0.417. The van der Waals surface area contributed by atoms with Crippen molar-refractivity contribution in [3.8, 4) is 0 Å². The lowest BCUT2D eigenvalue weighted by atomic mass is 9.88. The largest absolute Gasteiger partial charge is 0.511 e. The van der Waals surface area contributed by atoms with Gasteiger partial charge in [0, 0.05) is 44.4 Å². The summed E-state index contributed by atoms with van der Waals surface area (Å²) in [5.74, 6) is 0.676. The molecule has 0 unspecified atom stereocenters. The van der Waals surface area contributed by atoms with Crippen molar-refractivity contribution in [3.63, 3.8) is 0 Å². The van der Waals surface area contributed by atoms with Crippen LogP contribution in [0.1, 0.15) is 65.9 Å². The van der Waals surface area contributed by atoms with Gasteiger partial charge in [-0.2, -0.15) is 0 Å². The zero-order chi connectivity index (χ0) is 20.9. The van der Waals surface area contributed by atoms with Crippen molar-refractivity contribution < 1.29 is 19.2 Å². The Bertz CT molecular complexity index is 1000. The lowest BCUT2D eigenvalue weighted by Gasteiger charge is -2.18. The second kappa shape index (κ2) is 9.20. The molecule has 0 radical (unpaired) electrons. The van der Waals surface area contributed by atoms with E-state index < -0.39 is 0 Å². The van der Waals surface area contributed by atoms with E-state index in [-0.39, 0.29) is 23.7 Å². The molecule has 1 aromatic heterocycles. The number of carbonyl (C=O) groups is 2. The molecule has 2 aliphatic carbocycles. The molecule has 1 aromatic carbocycles. The standard InChI is InChI=1S/C24H26N2O4/c27-19-9-4-8-17(25-15-14-16-6-2-1-3-7-16)23(19)21(29)13-12-18-24-20(28)10-5-11-22(24)30-26-18/h1-3,6-7,29H,4-5,8-15H2/b23-21+,25-17?. The quantitative estimate of drug-likeness (QED) is 0.568. The minimum atomic E-state index is -0.0598. The monoisotopic (exact) mass is 406 g/mol. The van der Waals surface area contributed by atoms with Crippen molar-refractivity contribution in [2.45, 2.75) is 57.8 Å². The Hall–Kier alpha value is -3.02. The highest BCUT2D eigenvalue weighted by Crippen LogP contribution is 2.27. The van der Waals surface area contributed by atoms with E-state index in [1.165, 1.54) is 5.56 Å². The van der Waals surface area contributed by atoms with E-state index in [4.69, 9.17) is 4.52 Å². The average molecular weight is 406 g/mol. The number of benzene rings is 1. The molecule has 0 saturated heterocycles. The summed E-state index contributed by atoms with van der Waals surface area (Å²) in [7, 11) is 0. The number of allylic oxidation sites excluding steroid dienone is 2. The molecule has 1 heterocycles. The number of Topliss-reactive ketones (excluding diaryl/α,β-unsaturated/α-hetero) is 2. The summed E-state index contributed by atoms with van der Waals surface area (Å²) >= 11 is 0. The van der Waals surface area contributed by atoms with Crippen molar-refractivity contribution in [1.29, 1.82) is 0 Å². The van der Waals surface area contributed by atoms with Gasteiger partial charge >= 0.3 is 0 Å². The number of fused-ring (bicyclic) bond motifs is 1. The van der Waals surface area contributed by atoms with E-state index in [2.05, 4.69) is 22.3 Å². The van der Waals surface area contributed by atoms with E-state index in [1.54, 1.807) is 0 Å². The fourth-order valence-corrected chi connectivity index (χ4v) is 4.19. The van der Waals surface area contributed by atoms with Crippen molar-refractivity contribution in [3.05, 3.63) is 64.2 Å². The van der Waals surface area contributed by atoms with Crippen LogP contribution in [0.5, 0.6) is 0 Å². The third-order valence-electron chi connectivity index (χ3n) is 5.74. The molecule has 1 saturated carbocycles. The second-order valence-electron chi connectivity index (χ2n) is 7.87. The summed E-state index contributed by atoms with van der Waals surface area (Å²) in [4.78, 5) is 29.4. The maximum absolute atomic E-state index is 12.5. The number of ketones is 2. The first-order chi connectivity index (χ1) is 14.6. The zero-order valence-electron chi connectivity index (χ0n) is 17.0. The van der Waals surface area contributed by atoms with E-state index in [0.717, 1.165) is 25.7 Å². The maximum atomic E-state index is 12.5. The fourth-order valence-electron chi connectivity index (χ4n) is 4.19. The van der Waals surface area contributed by atoms with Gasteiger partial charge in [0.15, 0.2) is 11.6 Å². The molecular weight excluding hydrogens is 380 g/mol. The van der Waals surface area contributed by atoms with Gasteiger partial charge in [-0.15, -0.1) is 0 Å². The van der Waals surface area contributed by atoms with Crippen LogP contribution in [-0.4, -0.2) is 34.1 Å². The van der Waals surface area contributed by atoms with E-state index in [1.807, 2.05) is 18.2 Å². The predicted molar refractivity (Wildman–Crippen MR) is 113 cm³/mol. The average Bonchev–Trinajstić information content (AvgIpc) is 3.17. The number of aryl methyl sites for hydroxylation is 2. The van der Waals surface area contributed by atoms with Gasteiger partial charge in [-0.1, -0.05) is 35.5 Å². The molecule has 2 aliphatic rings. The van der Waals surface area contributed by atoms with Gasteiger partial charge < -0.3 is 9.63 Å². The first kappa shape index (κ1) is 20.3. The Morgan fingerprint density at radius 3 is 2.60 bits per heavy atom. The molecule has 0 bridgehead atoms. The molecule has 1 N–H and O–H groups in total. The smallest absolute Gasteiger partial charge is 0.168 e. The Morgan fingerprint density at radius 2 is 1.77 bits per heavy atom. The van der Waals surface area contributed by atoms with Crippen LogP contribution in [0.15, 0.2) is 51.2 Å². The topological polar surface area (TPSA) is 92.8 Å². The molecule has 0 amide bonds. The highest BCUT2D eigenvalue weighted by atomic mass is 16.5. The molecule has 156 valence electrons. The van der Waals surface area contributed by atoms with Crippen LogP contribution < -0.4 is 0 Å². The number of hydrogen-bond donors (Lipinski definition) is 1. The summed E-state index contributed by atoms with van der Waals surface area (Å²) in [5.41, 5.74) is 3.40. The third-order valence-corrected chi connectivity index (χ3v) is 5.74. The number of aliphatic hydroxyl groups is 1. The predicted octanol–water partition coefficient (Wildman–Crippen LogP) is 4.38. The minimum absolute atomic E-state index is 0.0400. The van der Waals surface area contributed by atoms with Crippen molar-refractivity contribution in [2.24, 2.45) is 4.99 Å². The minimum Gasteiger partial charge on any atom is -0.511 e. The first-order valence-electron chi connectivity index (χ1n) is 10.7. The van der Waals surface area contributed by atoms with Crippen molar-refractivity contribution in [2.75, 3.05) is 6.54 Å². The molecule has 6 nitrogen and oxygen atoms in total. The van der Waals surface area contributed by atoms with Crippen LogP contribution in [0.2, 0.25) is 0 Å². The van der Waals surface area contributed by atoms with E-state index in [9.17, 15) is 14.7 Å². The highest BCUT2D eigenvalue weighted by molar-refractivity contribution is 6.24. The Balaban J connectivity index is 1.48. The number of rotatable bonds is 6. The molecule has 2 aromatic rings. The number of nitrogens with zero attached hydrogens (tertiary/aromatic N) is 2. The number of aliphatic hydroxyl groups excluding tert-OH is 1. The molecule has 0 spiro atoms. The lowest BCUT2D eigenvalue weighted by molar-refractivity contribution is -0.115. The molecule has 4 rings (SSSR count). The molecule has 6 heteroatoms. The number of hydrogen-bond acceptors (Lipinski definition) is 6. The Labute approximate surface area is 175 Å². The normalized spacial score (nSPS) is 19.8. The summed E-state index contributed by atoms with van der Waals surface area (Å²) in [6.07, 6.45) is 5.28. The van der Waals surface area contributed by atoms with Gasteiger partial charge in [-0.25, -0.2) is 0 Å². The molecule has 1 fully saturated rings. The Kier molecular flexibility index (Phi) is 6.21. The van der Waals surface area contributed by atoms with Crippen molar-refractivity contribution >= 4 is 17.3 Å². The van der Waals surface area contributed by atoms with Crippen LogP contribution in [0.4, 0.5) is 0 Å². The van der Waals surface area contributed by atoms with Crippen LogP contribution in [0.25, 0.3) is 0 Å². The highest BCUT2D eigenvalue weighted by Gasteiger charge is 2.28. The van der Waals surface area contributed by atoms with Gasteiger partial charge in [0.1, 0.15) is 11.5 Å². The SMILES string of the molecule is O=C1CCCC(=NCCc2ccccc2)/C1=C(\O)CCc1noc2c1C(=O)CCC2. The Morgan fingerprint density at radius 1 is 1.00 bits per heavy atom. The number of aliphatic imine (C=N–C) groups is 1. The van der Waals surface area contributed by atoms with Gasteiger partial charge in [-0.05, 0) is 31.2 Å². The third kappa shape index (κ3) is 4.42. The summed E-state index contributed by atoms with van der Waals surface area (Å²) in [6, 6.07) is 10.1. The van der Waals surface area contributed by atoms with E-state index in [0.29, 0.717) is 60.5 Å². The summed E-state index contributed by atoms with van der Waals surface area (Å²) in [6.45, 7) is 0.578. The van der Waals surface area contributed by atoms with Gasteiger partial charge in [0.25, 0.3) is 0 Å². The van der Waals surface area contributed by atoms with Gasteiger partial charge in [0.2, 0.25) is 0 Å². The molecule has 0 aliphatic heterocycles. The van der Waals surface area contributed by atoms with Crippen LogP contribution in [0.3, 0.4) is 0 Å². The lowest BCUT2D eigenvalue weighted by Crippen LogP contribution is -2.22. The van der Waals surface area contributed by atoms with Crippen LogP contribution in [-0.2, 0) is 24.1 Å². The first-order valence-corrected chi connectivity index (χ1v) is 10.7. The van der Waals surface area contributed by atoms with Crippen molar-refractivity contribution in [1.82, 2.24) is 5.16 Å². The zero-order valence-corrected chi connectivity index (χ0v) is 17.0. The molecule has 30 heavy (non-hydrogen) atoms. The maximum Gasteiger partial charge on any atom is 0.168 e. The second-order valence-corrected chi connectivity index (χ2v) is 7.87. The summed E-state index contributed by atoms with van der Waals surface area (Å²) in [5, 5.41) is 14.8. The molecule has 0 atom stereocenters.